The van der Waals surface area contributed by atoms with Crippen molar-refractivity contribution in [2.45, 2.75) is 6.54 Å². The summed E-state index contributed by atoms with van der Waals surface area (Å²) in [6.07, 6.45) is 1.42. The van der Waals surface area contributed by atoms with E-state index in [1.54, 1.807) is 60.7 Å². The lowest BCUT2D eigenvalue weighted by Crippen LogP contribution is -2.19. The molecule has 0 aliphatic carbocycles. The van der Waals surface area contributed by atoms with Gasteiger partial charge in [-0.3, -0.25) is 9.48 Å². The van der Waals surface area contributed by atoms with E-state index in [1.165, 1.54) is 10.9 Å². The fraction of sp³-hybridized carbons (Fsp3) is 0.0417. The van der Waals surface area contributed by atoms with E-state index in [0.29, 0.717) is 44.1 Å². The molecule has 0 radical (unpaired) electrons. The number of amides is 1. The lowest BCUT2D eigenvalue weighted by molar-refractivity contribution is -0.116. The van der Waals surface area contributed by atoms with E-state index in [4.69, 9.17) is 20.8 Å². The van der Waals surface area contributed by atoms with Crippen molar-refractivity contribution in [1.29, 1.82) is 0 Å². The van der Waals surface area contributed by atoms with Crippen LogP contribution in [0.25, 0.3) is 21.9 Å². The maximum Gasteiger partial charge on any atom is 0.347 e. The van der Waals surface area contributed by atoms with E-state index in [0.717, 1.165) is 0 Å². The number of carbonyl (C=O) groups is 1. The summed E-state index contributed by atoms with van der Waals surface area (Å²) in [5.74, 6) is 0.904. The molecule has 32 heavy (non-hydrogen) atoms. The average Bonchev–Trinajstić information content (AvgIpc) is 3.20. The Bertz CT molecular complexity index is 1510. The van der Waals surface area contributed by atoms with Crippen molar-refractivity contribution in [3.05, 3.63) is 94.4 Å². The zero-order valence-corrected chi connectivity index (χ0v) is 17.4. The van der Waals surface area contributed by atoms with E-state index >= 15 is 0 Å². The lowest BCUT2D eigenvalue weighted by atomic mass is 10.2. The molecule has 0 saturated heterocycles. The highest BCUT2D eigenvalue weighted by Gasteiger charge is 2.15. The number of carbonyl (C=O) groups excluding carboxylic acids is 1. The molecule has 1 N–H and O–H groups in total. The third-order valence-corrected chi connectivity index (χ3v) is 5.12. The van der Waals surface area contributed by atoms with Crippen molar-refractivity contribution in [1.82, 2.24) is 9.78 Å². The Labute approximate surface area is 186 Å². The number of anilines is 1. The van der Waals surface area contributed by atoms with Gasteiger partial charge in [0.15, 0.2) is 0 Å². The predicted molar refractivity (Wildman–Crippen MR) is 122 cm³/mol. The molecule has 3 aromatic carbocycles. The zero-order valence-electron chi connectivity index (χ0n) is 16.6. The molecule has 2 heterocycles. The van der Waals surface area contributed by atoms with E-state index in [1.807, 2.05) is 12.1 Å². The average molecular weight is 446 g/mol. The number of ether oxygens (including phenoxy) is 1. The number of fused-ring (bicyclic) bond motifs is 3. The van der Waals surface area contributed by atoms with Gasteiger partial charge in [-0.05, 0) is 48.5 Å². The van der Waals surface area contributed by atoms with Crippen molar-refractivity contribution in [3.8, 4) is 11.5 Å². The number of rotatable bonds is 5. The van der Waals surface area contributed by atoms with Crippen molar-refractivity contribution in [2.24, 2.45) is 0 Å². The maximum absolute atomic E-state index is 12.7. The first-order valence-corrected chi connectivity index (χ1v) is 10.2. The molecule has 0 aliphatic rings. The number of hydrogen-bond acceptors (Lipinski definition) is 5. The van der Waals surface area contributed by atoms with Gasteiger partial charge in [0.2, 0.25) is 5.91 Å². The first-order valence-electron chi connectivity index (χ1n) is 9.77. The number of benzene rings is 3. The number of aromatic nitrogens is 2. The maximum atomic E-state index is 12.7. The SMILES string of the molecule is O=C(Cn1ncc2c(=O)oc3ccccc3c21)Nc1cccc(Oc2ccc(Cl)cc2)c1. The molecular weight excluding hydrogens is 430 g/mol. The summed E-state index contributed by atoms with van der Waals surface area (Å²) in [4.78, 5) is 25.0. The van der Waals surface area contributed by atoms with Crippen LogP contribution in [0.2, 0.25) is 5.02 Å². The van der Waals surface area contributed by atoms with Crippen LogP contribution in [0.5, 0.6) is 11.5 Å². The second-order valence-corrected chi connectivity index (χ2v) is 7.52. The molecule has 0 saturated carbocycles. The Morgan fingerprint density at radius 2 is 1.81 bits per heavy atom. The molecular formula is C24H16ClN3O4. The van der Waals surface area contributed by atoms with Crippen LogP contribution >= 0.6 is 11.6 Å². The molecule has 0 atom stereocenters. The Hall–Kier alpha value is -4.10. The third-order valence-electron chi connectivity index (χ3n) is 4.86. The fourth-order valence-electron chi connectivity index (χ4n) is 3.46. The number of para-hydroxylation sites is 1. The third kappa shape index (κ3) is 3.93. The Morgan fingerprint density at radius 1 is 1.00 bits per heavy atom. The fourth-order valence-corrected chi connectivity index (χ4v) is 3.58. The Morgan fingerprint density at radius 3 is 2.66 bits per heavy atom. The van der Waals surface area contributed by atoms with Crippen LogP contribution in [0.3, 0.4) is 0 Å². The molecule has 0 aliphatic heterocycles. The highest BCUT2D eigenvalue weighted by molar-refractivity contribution is 6.30. The van der Waals surface area contributed by atoms with E-state index in [9.17, 15) is 9.59 Å². The van der Waals surface area contributed by atoms with Crippen LogP contribution in [-0.4, -0.2) is 15.7 Å². The van der Waals surface area contributed by atoms with Crippen molar-refractivity contribution < 1.29 is 13.9 Å². The summed E-state index contributed by atoms with van der Waals surface area (Å²) in [6.45, 7) is -0.0702. The lowest BCUT2D eigenvalue weighted by Gasteiger charge is -2.10. The minimum atomic E-state index is -0.489. The second-order valence-electron chi connectivity index (χ2n) is 7.08. The minimum absolute atomic E-state index is 0.0702. The minimum Gasteiger partial charge on any atom is -0.457 e. The summed E-state index contributed by atoms with van der Waals surface area (Å²) < 4.78 is 12.6. The molecule has 0 fully saturated rings. The smallest absolute Gasteiger partial charge is 0.347 e. The van der Waals surface area contributed by atoms with Gasteiger partial charge in [-0.25, -0.2) is 4.79 Å². The van der Waals surface area contributed by atoms with Gasteiger partial charge >= 0.3 is 5.63 Å². The largest absolute Gasteiger partial charge is 0.457 e. The number of halogens is 1. The number of nitrogens with zero attached hydrogens (tertiary/aromatic N) is 2. The van der Waals surface area contributed by atoms with Crippen LogP contribution in [-0.2, 0) is 11.3 Å². The van der Waals surface area contributed by atoms with Crippen LogP contribution in [0.1, 0.15) is 0 Å². The monoisotopic (exact) mass is 445 g/mol. The van der Waals surface area contributed by atoms with Gasteiger partial charge in [0, 0.05) is 22.2 Å². The number of nitrogens with one attached hydrogen (secondary N) is 1. The summed E-state index contributed by atoms with van der Waals surface area (Å²) >= 11 is 5.90. The van der Waals surface area contributed by atoms with Gasteiger partial charge in [-0.15, -0.1) is 0 Å². The summed E-state index contributed by atoms with van der Waals surface area (Å²) in [5, 5.41) is 8.73. The van der Waals surface area contributed by atoms with Crippen LogP contribution in [0.4, 0.5) is 5.69 Å². The summed E-state index contributed by atoms with van der Waals surface area (Å²) in [6, 6.07) is 21.2. The second kappa shape index (κ2) is 8.20. The molecule has 158 valence electrons. The standard InChI is InChI=1S/C24H16ClN3O4/c25-15-8-10-17(11-9-15)31-18-5-3-4-16(12-18)27-22(29)14-28-23-19-6-1-2-7-21(19)32-24(30)20(23)13-26-28/h1-13H,14H2,(H,27,29). The molecule has 5 rings (SSSR count). The van der Waals surface area contributed by atoms with Crippen molar-refractivity contribution >= 4 is 45.1 Å². The van der Waals surface area contributed by atoms with Crippen molar-refractivity contribution in [3.63, 3.8) is 0 Å². The Kier molecular flexibility index (Phi) is 5.09. The van der Waals surface area contributed by atoms with Crippen LogP contribution in [0, 0.1) is 0 Å². The predicted octanol–water partition coefficient (Wildman–Crippen LogP) is 5.23. The van der Waals surface area contributed by atoms with Crippen molar-refractivity contribution in [2.75, 3.05) is 5.32 Å². The van der Waals surface area contributed by atoms with E-state index < -0.39 is 5.63 Å². The van der Waals surface area contributed by atoms with Gasteiger partial charge in [0.25, 0.3) is 0 Å². The van der Waals surface area contributed by atoms with Gasteiger partial charge in [-0.1, -0.05) is 29.8 Å². The van der Waals surface area contributed by atoms with Gasteiger partial charge in [0.1, 0.15) is 29.0 Å². The molecule has 1 amide bonds. The van der Waals surface area contributed by atoms with Gasteiger partial charge < -0.3 is 14.5 Å². The highest BCUT2D eigenvalue weighted by atomic mass is 35.5. The molecule has 2 aromatic heterocycles. The first-order chi connectivity index (χ1) is 15.6. The zero-order chi connectivity index (χ0) is 22.1. The van der Waals surface area contributed by atoms with E-state index in [2.05, 4.69) is 10.4 Å². The van der Waals surface area contributed by atoms with Crippen LogP contribution in [0.15, 0.2) is 88.2 Å². The Balaban J connectivity index is 1.37. The molecule has 0 spiro atoms. The summed E-state index contributed by atoms with van der Waals surface area (Å²) in [5.41, 5.74) is 1.09. The molecule has 0 unspecified atom stereocenters. The normalized spacial score (nSPS) is 11.0. The molecule has 8 heteroatoms. The van der Waals surface area contributed by atoms with Gasteiger partial charge in [-0.2, -0.15) is 5.10 Å². The topological polar surface area (TPSA) is 86.4 Å². The van der Waals surface area contributed by atoms with E-state index in [-0.39, 0.29) is 12.5 Å². The molecule has 5 aromatic rings. The first kappa shape index (κ1) is 19.8. The summed E-state index contributed by atoms with van der Waals surface area (Å²) in [7, 11) is 0. The molecule has 7 nitrogen and oxygen atoms in total. The number of hydrogen-bond donors (Lipinski definition) is 1. The molecule has 0 bridgehead atoms. The van der Waals surface area contributed by atoms with Crippen LogP contribution < -0.4 is 15.7 Å². The van der Waals surface area contributed by atoms with Gasteiger partial charge in [0.05, 0.1) is 11.7 Å². The highest BCUT2D eigenvalue weighted by Crippen LogP contribution is 2.26. The quantitative estimate of drug-likeness (QED) is 0.374.